The van der Waals surface area contributed by atoms with Gasteiger partial charge in [0.15, 0.2) is 0 Å². The van der Waals surface area contributed by atoms with Gasteiger partial charge in [-0.05, 0) is 35.3 Å². The molecular formula is C13H12BClO3. The SMILES string of the molecule is OB(O)c1ccc(OCc2ccc(Cl)cc2)cc1. The molecule has 2 aromatic rings. The van der Waals surface area contributed by atoms with Crippen molar-refractivity contribution in [2.75, 3.05) is 0 Å². The molecule has 0 fully saturated rings. The van der Waals surface area contributed by atoms with Crippen LogP contribution in [0.2, 0.25) is 5.02 Å². The van der Waals surface area contributed by atoms with E-state index < -0.39 is 7.12 Å². The molecule has 92 valence electrons. The van der Waals surface area contributed by atoms with Crippen LogP contribution < -0.4 is 10.2 Å². The third-order valence-electron chi connectivity index (χ3n) is 2.50. The molecule has 0 saturated heterocycles. The lowest BCUT2D eigenvalue weighted by atomic mass is 9.80. The summed E-state index contributed by atoms with van der Waals surface area (Å²) in [6.45, 7) is 0.443. The first-order valence-electron chi connectivity index (χ1n) is 5.48. The maximum Gasteiger partial charge on any atom is 0.488 e. The third kappa shape index (κ3) is 3.50. The van der Waals surface area contributed by atoms with Gasteiger partial charge < -0.3 is 14.8 Å². The van der Waals surface area contributed by atoms with E-state index in [-0.39, 0.29) is 0 Å². The summed E-state index contributed by atoms with van der Waals surface area (Å²) in [6.07, 6.45) is 0. The van der Waals surface area contributed by atoms with E-state index in [4.69, 9.17) is 26.4 Å². The van der Waals surface area contributed by atoms with Crippen molar-refractivity contribution in [3.05, 3.63) is 59.1 Å². The van der Waals surface area contributed by atoms with Gasteiger partial charge >= 0.3 is 7.12 Å². The van der Waals surface area contributed by atoms with Crippen molar-refractivity contribution in [1.82, 2.24) is 0 Å². The number of ether oxygens (including phenoxy) is 1. The van der Waals surface area contributed by atoms with E-state index in [2.05, 4.69) is 0 Å². The van der Waals surface area contributed by atoms with Gasteiger partial charge in [0.2, 0.25) is 0 Å². The van der Waals surface area contributed by atoms with Gasteiger partial charge in [0, 0.05) is 5.02 Å². The van der Waals surface area contributed by atoms with Crippen molar-refractivity contribution in [3.8, 4) is 5.75 Å². The van der Waals surface area contributed by atoms with Crippen LogP contribution in [0.4, 0.5) is 0 Å². The second kappa shape index (κ2) is 5.91. The summed E-state index contributed by atoms with van der Waals surface area (Å²) in [5.74, 6) is 0.675. The number of hydrogen-bond donors (Lipinski definition) is 2. The number of halogens is 1. The van der Waals surface area contributed by atoms with Crippen molar-refractivity contribution in [1.29, 1.82) is 0 Å². The Hall–Kier alpha value is -1.49. The van der Waals surface area contributed by atoms with Crippen molar-refractivity contribution >= 4 is 24.2 Å². The fourth-order valence-electron chi connectivity index (χ4n) is 1.48. The highest BCUT2D eigenvalue weighted by molar-refractivity contribution is 6.58. The van der Waals surface area contributed by atoms with Crippen LogP contribution in [0.3, 0.4) is 0 Å². The molecule has 2 aromatic carbocycles. The predicted octanol–water partition coefficient (Wildman–Crippen LogP) is 1.60. The van der Waals surface area contributed by atoms with Crippen molar-refractivity contribution in [3.63, 3.8) is 0 Å². The predicted molar refractivity (Wildman–Crippen MR) is 72.1 cm³/mol. The van der Waals surface area contributed by atoms with Gasteiger partial charge in [0.25, 0.3) is 0 Å². The monoisotopic (exact) mass is 262 g/mol. The molecule has 0 spiro atoms. The molecule has 0 amide bonds. The summed E-state index contributed by atoms with van der Waals surface area (Å²) in [6, 6.07) is 14.0. The van der Waals surface area contributed by atoms with Gasteiger partial charge in [-0.15, -0.1) is 0 Å². The fourth-order valence-corrected chi connectivity index (χ4v) is 1.61. The normalized spacial score (nSPS) is 10.2. The quantitative estimate of drug-likeness (QED) is 0.823. The molecule has 2 N–H and O–H groups in total. The average Bonchev–Trinajstić information content (AvgIpc) is 2.38. The molecule has 0 aliphatic rings. The molecule has 0 aliphatic heterocycles. The summed E-state index contributed by atoms with van der Waals surface area (Å²) in [5, 5.41) is 18.6. The minimum atomic E-state index is -1.45. The van der Waals surface area contributed by atoms with E-state index in [0.29, 0.717) is 22.8 Å². The minimum Gasteiger partial charge on any atom is -0.489 e. The highest BCUT2D eigenvalue weighted by Crippen LogP contribution is 2.13. The van der Waals surface area contributed by atoms with Crippen molar-refractivity contribution in [2.45, 2.75) is 6.61 Å². The molecule has 0 saturated carbocycles. The van der Waals surface area contributed by atoms with E-state index in [1.54, 1.807) is 24.3 Å². The molecule has 3 nitrogen and oxygen atoms in total. The summed E-state index contributed by atoms with van der Waals surface area (Å²) < 4.78 is 5.56. The first-order valence-corrected chi connectivity index (χ1v) is 5.86. The maximum atomic E-state index is 8.95. The molecule has 0 aliphatic carbocycles. The molecular weight excluding hydrogens is 250 g/mol. The van der Waals surface area contributed by atoms with E-state index in [0.717, 1.165) is 5.56 Å². The fraction of sp³-hybridized carbons (Fsp3) is 0.0769. The Balaban J connectivity index is 1.95. The van der Waals surface area contributed by atoms with Crippen LogP contribution in [-0.4, -0.2) is 17.2 Å². The average molecular weight is 263 g/mol. The lowest BCUT2D eigenvalue weighted by Crippen LogP contribution is -2.29. The molecule has 0 radical (unpaired) electrons. The van der Waals surface area contributed by atoms with Crippen LogP contribution >= 0.6 is 11.6 Å². The molecule has 0 atom stereocenters. The smallest absolute Gasteiger partial charge is 0.488 e. The van der Waals surface area contributed by atoms with Crippen LogP contribution in [0.25, 0.3) is 0 Å². The van der Waals surface area contributed by atoms with Crippen LogP contribution in [0.1, 0.15) is 5.56 Å². The minimum absolute atomic E-state index is 0.439. The standard InChI is InChI=1S/C13H12BClO3/c15-12-5-1-10(2-6-12)9-18-13-7-3-11(4-8-13)14(16)17/h1-8,16-17H,9H2. The van der Waals surface area contributed by atoms with Gasteiger partial charge in [0.1, 0.15) is 12.4 Å². The lowest BCUT2D eigenvalue weighted by molar-refractivity contribution is 0.306. The van der Waals surface area contributed by atoms with Gasteiger partial charge in [0.05, 0.1) is 0 Å². The number of rotatable bonds is 4. The Bertz CT molecular complexity index is 497. The van der Waals surface area contributed by atoms with Crippen LogP contribution in [0.5, 0.6) is 5.75 Å². The molecule has 0 bridgehead atoms. The number of hydrogen-bond acceptors (Lipinski definition) is 3. The topological polar surface area (TPSA) is 49.7 Å². The Kier molecular flexibility index (Phi) is 4.26. The summed E-state index contributed by atoms with van der Waals surface area (Å²) in [4.78, 5) is 0. The van der Waals surface area contributed by atoms with Crippen molar-refractivity contribution in [2.24, 2.45) is 0 Å². The maximum absolute atomic E-state index is 8.95. The zero-order valence-corrected chi connectivity index (χ0v) is 10.3. The highest BCUT2D eigenvalue weighted by atomic mass is 35.5. The Morgan fingerprint density at radius 1 is 0.944 bits per heavy atom. The zero-order valence-electron chi connectivity index (χ0n) is 9.58. The highest BCUT2D eigenvalue weighted by Gasteiger charge is 2.09. The first kappa shape index (κ1) is 13.0. The van der Waals surface area contributed by atoms with E-state index in [1.165, 1.54) is 0 Å². The van der Waals surface area contributed by atoms with Crippen LogP contribution in [-0.2, 0) is 6.61 Å². The van der Waals surface area contributed by atoms with E-state index in [9.17, 15) is 0 Å². The van der Waals surface area contributed by atoms with Gasteiger partial charge in [-0.2, -0.15) is 0 Å². The first-order chi connectivity index (χ1) is 8.65. The Morgan fingerprint density at radius 2 is 1.56 bits per heavy atom. The van der Waals surface area contributed by atoms with Crippen LogP contribution in [0.15, 0.2) is 48.5 Å². The molecule has 0 heterocycles. The second-order valence-corrected chi connectivity index (χ2v) is 4.29. The molecule has 2 rings (SSSR count). The van der Waals surface area contributed by atoms with Crippen LogP contribution in [0, 0.1) is 0 Å². The largest absolute Gasteiger partial charge is 0.489 e. The molecule has 5 heteroatoms. The Morgan fingerprint density at radius 3 is 2.11 bits per heavy atom. The lowest BCUT2D eigenvalue weighted by Gasteiger charge is -2.07. The zero-order chi connectivity index (χ0) is 13.0. The van der Waals surface area contributed by atoms with Gasteiger partial charge in [-0.3, -0.25) is 0 Å². The summed E-state index contributed by atoms with van der Waals surface area (Å²) in [5.41, 5.74) is 1.46. The molecule has 0 aromatic heterocycles. The summed E-state index contributed by atoms with van der Waals surface area (Å²) >= 11 is 5.79. The molecule has 18 heavy (non-hydrogen) atoms. The number of benzene rings is 2. The van der Waals surface area contributed by atoms with E-state index >= 15 is 0 Å². The van der Waals surface area contributed by atoms with Gasteiger partial charge in [-0.25, -0.2) is 0 Å². The van der Waals surface area contributed by atoms with Crippen molar-refractivity contribution < 1.29 is 14.8 Å². The second-order valence-electron chi connectivity index (χ2n) is 3.86. The summed E-state index contributed by atoms with van der Waals surface area (Å²) in [7, 11) is -1.45. The van der Waals surface area contributed by atoms with E-state index in [1.807, 2.05) is 24.3 Å². The Labute approximate surface area is 111 Å². The molecule has 0 unspecified atom stereocenters. The third-order valence-corrected chi connectivity index (χ3v) is 2.75. The van der Waals surface area contributed by atoms with Gasteiger partial charge in [-0.1, -0.05) is 35.9 Å².